The number of aromatic nitrogens is 14. The number of fused-ring (bicyclic) bond motifs is 3. The third-order valence-corrected chi connectivity index (χ3v) is 23.5. The van der Waals surface area contributed by atoms with Crippen molar-refractivity contribution in [2.24, 2.45) is 31.7 Å². The number of amides is 3. The maximum Gasteiger partial charge on any atom is 0.410 e. The van der Waals surface area contributed by atoms with Gasteiger partial charge in [0.25, 0.3) is 12.9 Å². The van der Waals surface area contributed by atoms with Gasteiger partial charge in [0.1, 0.15) is 76.9 Å². The van der Waals surface area contributed by atoms with Crippen molar-refractivity contribution in [2.75, 3.05) is 54.1 Å². The van der Waals surface area contributed by atoms with E-state index in [4.69, 9.17) is 80.6 Å². The Balaban J connectivity index is 0.000000164. The third kappa shape index (κ3) is 25.4. The minimum Gasteiger partial charge on any atom is -0.497 e. The van der Waals surface area contributed by atoms with E-state index in [-0.39, 0.29) is 66.9 Å². The molecule has 15 rings (SSSR count). The summed E-state index contributed by atoms with van der Waals surface area (Å²) in [5.41, 5.74) is 15.8. The van der Waals surface area contributed by atoms with E-state index in [2.05, 4.69) is 57.7 Å². The minimum absolute atomic E-state index is 0.00991. The number of nitrogens with two attached hydrogens (primary N) is 1. The van der Waals surface area contributed by atoms with Gasteiger partial charge >= 0.3 is 12.1 Å². The molecule has 5 atom stereocenters. The monoisotopic (exact) mass is 1850 g/mol. The molecule has 1 fully saturated rings. The molecule has 3 aliphatic heterocycles. The SMILES string of the molecule is COc1ccc(Cl)c(CCNC(=O)Cn2cc(C)cn2)c1.COc1ccc(Cl)c2c1C(Cn1cc(C)cn1)NCC2.COc1cccc(CCN)c1.Cc1cnn(CC2c3c(OCc4nnn(C)c4C(F)F)ccc(Cl)c3CCN2C(=O)OC(C)(C)C)c1.Cc1cnn(C[C@@H]2c3c(OCc4nnn(C)c4C(F)F)ccc(Cl)c3CCN2C(=O)[C@@H]2CCCC[C@@H]2C(=O)O)c1. The first-order valence-electron chi connectivity index (χ1n) is 41.9. The standard InChI is InChI=1S/C27H31ClF2N6O4.C24H29ClF2N6O3.C15H18ClN3O2.C15H18ClN3O.C9H13NO/c1-15-11-31-35(12-15)13-21-23-18(9-10-36(21)26(37)16-5-3-4-6-17(16)27(38)39)19(28)7-8-22(23)40-14-20-24(25(29)30)34(2)33-32-20;1-14-10-28-32(11-14)12-18-20-15(8-9-33(18)23(34)36-24(2,3)4)16(25)6-7-19(20)35-13-17-21(22(26)27)31(5)30-29-17;1-11-8-18-19(9-11)10-15(20)17-6-5-12-7-13(21-2)3-4-14(12)16;1-10-7-18-19(8-10)9-13-15-11(5-6-17-13)12(16)3-4-14(15)20-2;1-11-9-4-2-3-8(7-9)5-6-10/h7-8,11-12,16-17,21,25H,3-6,9-10,13-14H2,1-2H3,(H,38,39);6-7,10-11,18,22H,8-9,12-13H2,1-5H3;3-4,7-9H,5-6,10H2,1-2H3,(H,17,20);3-4,7-8,13,17H,5-6,9H2,1-2H3;2-4,7H,5-6,10H2,1H3/t16-,17+,21-;;;;/m1..../s1. The lowest BCUT2D eigenvalue weighted by molar-refractivity contribution is -0.153. The highest BCUT2D eigenvalue weighted by atomic mass is 35.5. The number of aryl methyl sites for hydroxylation is 6. The summed E-state index contributed by atoms with van der Waals surface area (Å²) >= 11 is 25.7. The van der Waals surface area contributed by atoms with Gasteiger partial charge in [-0.2, -0.15) is 20.4 Å². The largest absolute Gasteiger partial charge is 0.497 e. The highest BCUT2D eigenvalue weighted by Crippen LogP contribution is 2.46. The van der Waals surface area contributed by atoms with Crippen molar-refractivity contribution < 1.29 is 70.3 Å². The second-order valence-corrected chi connectivity index (χ2v) is 34.1. The van der Waals surface area contributed by atoms with Crippen LogP contribution in [-0.4, -0.2) is 168 Å². The van der Waals surface area contributed by atoms with Crippen molar-refractivity contribution in [3.05, 3.63) is 238 Å². The number of rotatable bonds is 26. The van der Waals surface area contributed by atoms with Gasteiger partial charge in [-0.15, -0.1) is 10.2 Å². The predicted molar refractivity (Wildman–Crippen MR) is 475 cm³/mol. The molecule has 38 heteroatoms. The number of methoxy groups -OCH3 is 3. The van der Waals surface area contributed by atoms with E-state index < -0.39 is 54.4 Å². The van der Waals surface area contributed by atoms with Crippen LogP contribution in [-0.2, 0) is 105 Å². The van der Waals surface area contributed by atoms with Crippen LogP contribution >= 0.6 is 46.4 Å². The van der Waals surface area contributed by atoms with Crippen LogP contribution in [0.3, 0.4) is 0 Å². The fourth-order valence-electron chi connectivity index (χ4n) is 16.0. The molecule has 0 radical (unpaired) electrons. The Morgan fingerprint density at radius 1 is 0.578 bits per heavy atom. The van der Waals surface area contributed by atoms with Crippen LogP contribution in [0.15, 0.2) is 128 Å². The van der Waals surface area contributed by atoms with Crippen molar-refractivity contribution in [3.63, 3.8) is 0 Å². The maximum atomic E-state index is 14.0. The van der Waals surface area contributed by atoms with Gasteiger partial charge in [-0.25, -0.2) is 31.7 Å². The normalized spacial score (nSPS) is 16.3. The number of ether oxygens (including phenoxy) is 6. The number of carbonyl (C=O) groups excluding carboxylic acids is 3. The van der Waals surface area contributed by atoms with Gasteiger partial charge in [-0.05, 0) is 223 Å². The highest BCUT2D eigenvalue weighted by molar-refractivity contribution is 6.32. The number of halogens is 8. The molecule has 5 N–H and O–H groups in total. The number of hydrogen-bond donors (Lipinski definition) is 4. The summed E-state index contributed by atoms with van der Waals surface area (Å²) in [6, 6.07) is 23.1. The van der Waals surface area contributed by atoms with E-state index >= 15 is 0 Å². The van der Waals surface area contributed by atoms with E-state index in [1.807, 2.05) is 127 Å². The molecule has 11 aromatic rings. The Labute approximate surface area is 760 Å². The molecule has 5 aromatic carbocycles. The Morgan fingerprint density at radius 2 is 1.05 bits per heavy atom. The van der Waals surface area contributed by atoms with Gasteiger partial charge in [0, 0.05) is 95.3 Å². The topological polar surface area (TPSA) is 333 Å². The predicted octanol–water partition coefficient (Wildman–Crippen LogP) is 15.7. The number of carboxylic acid groups (broad SMARTS) is 1. The van der Waals surface area contributed by atoms with Gasteiger partial charge in [-0.1, -0.05) is 81.8 Å². The number of alkyl halides is 4. The zero-order valence-corrected chi connectivity index (χ0v) is 76.6. The molecule has 2 unspecified atom stereocenters. The summed E-state index contributed by atoms with van der Waals surface area (Å²) in [7, 11) is 7.78. The Kier molecular flexibility index (Phi) is 34.3. The molecule has 0 saturated heterocycles. The number of carbonyl (C=O) groups is 4. The molecular formula is C90H109Cl4F4N19O11. The maximum absolute atomic E-state index is 14.0. The second kappa shape index (κ2) is 45.1. The summed E-state index contributed by atoms with van der Waals surface area (Å²) in [5, 5.41) is 51.1. The molecule has 3 amide bonds. The number of hydrogen-bond acceptors (Lipinski definition) is 20. The molecule has 1 saturated carbocycles. The van der Waals surface area contributed by atoms with Gasteiger partial charge < -0.3 is 54.8 Å². The molecule has 30 nitrogen and oxygen atoms in total. The van der Waals surface area contributed by atoms with Gasteiger partial charge in [0.2, 0.25) is 11.8 Å². The van der Waals surface area contributed by atoms with Crippen molar-refractivity contribution in [1.29, 1.82) is 0 Å². The highest BCUT2D eigenvalue weighted by Gasteiger charge is 2.44. The van der Waals surface area contributed by atoms with Crippen LogP contribution in [0.25, 0.3) is 0 Å². The van der Waals surface area contributed by atoms with Gasteiger partial charge in [0.15, 0.2) is 0 Å². The first kappa shape index (κ1) is 97.3. The lowest BCUT2D eigenvalue weighted by Gasteiger charge is -2.41. The number of nitrogens with zero attached hydrogens (tertiary/aromatic N) is 16. The van der Waals surface area contributed by atoms with E-state index in [0.29, 0.717) is 103 Å². The van der Waals surface area contributed by atoms with Crippen LogP contribution in [0, 0.1) is 39.5 Å². The molecule has 4 aliphatic rings. The number of carboxylic acids is 1. The summed E-state index contributed by atoms with van der Waals surface area (Å²) < 4.78 is 96.9. The van der Waals surface area contributed by atoms with Crippen LogP contribution < -0.4 is 40.1 Å². The van der Waals surface area contributed by atoms with Crippen LogP contribution in [0.5, 0.6) is 28.7 Å². The first-order valence-corrected chi connectivity index (χ1v) is 43.5. The van der Waals surface area contributed by atoms with Crippen LogP contribution in [0.1, 0.15) is 167 Å². The molecule has 9 heterocycles. The quantitative estimate of drug-likeness (QED) is 0.0366. The molecule has 128 heavy (non-hydrogen) atoms. The second-order valence-electron chi connectivity index (χ2n) is 32.5. The lowest BCUT2D eigenvalue weighted by Crippen LogP contribution is -2.48. The Bertz CT molecular complexity index is 5600. The van der Waals surface area contributed by atoms with Crippen molar-refractivity contribution in [2.45, 2.75) is 182 Å². The summed E-state index contributed by atoms with van der Waals surface area (Å²) in [6.07, 6.45) is 14.6. The molecule has 0 bridgehead atoms. The molecular weight excluding hydrogens is 1740 g/mol. The number of benzene rings is 5. The van der Waals surface area contributed by atoms with Crippen molar-refractivity contribution >= 4 is 70.3 Å². The van der Waals surface area contributed by atoms with Crippen LogP contribution in [0.2, 0.25) is 20.1 Å². The minimum atomic E-state index is -2.78. The molecule has 0 spiro atoms. The average molecular weight is 1850 g/mol. The number of aliphatic carboxylic acids is 1. The van der Waals surface area contributed by atoms with E-state index in [1.165, 1.54) is 36.3 Å². The van der Waals surface area contributed by atoms with E-state index in [1.54, 1.807) is 94.1 Å². The van der Waals surface area contributed by atoms with E-state index in [9.17, 15) is 41.8 Å². The van der Waals surface area contributed by atoms with E-state index in [0.717, 1.165) is 104 Å². The third-order valence-electron chi connectivity index (χ3n) is 22.1. The molecule has 686 valence electrons. The van der Waals surface area contributed by atoms with Gasteiger partial charge in [-0.3, -0.25) is 38.0 Å². The first-order chi connectivity index (χ1) is 61.2. The van der Waals surface area contributed by atoms with Crippen molar-refractivity contribution in [1.82, 2.24) is 89.5 Å². The summed E-state index contributed by atoms with van der Waals surface area (Å²) in [6.45, 7) is 17.2. The summed E-state index contributed by atoms with van der Waals surface area (Å²) in [5.74, 6) is 0.733. The molecule has 6 aromatic heterocycles. The van der Waals surface area contributed by atoms with Crippen LogP contribution in [0.4, 0.5) is 22.4 Å². The zero-order chi connectivity index (χ0) is 92.2. The van der Waals surface area contributed by atoms with Gasteiger partial charge in [0.05, 0.1) is 95.7 Å². The smallest absolute Gasteiger partial charge is 0.410 e. The van der Waals surface area contributed by atoms with Crippen molar-refractivity contribution in [3.8, 4) is 28.7 Å². The lowest BCUT2D eigenvalue weighted by atomic mass is 9.77. The molecule has 1 aliphatic carbocycles. The Hall–Kier alpha value is -11.3. The Morgan fingerprint density at radius 3 is 1.54 bits per heavy atom. The zero-order valence-electron chi connectivity index (χ0n) is 73.6. The fraction of sp³-hybridized carbons (Fsp3) is 0.444. The number of nitrogens with one attached hydrogen (secondary N) is 2. The summed E-state index contributed by atoms with van der Waals surface area (Å²) in [4.78, 5) is 54.4. The fourth-order valence-corrected chi connectivity index (χ4v) is 17.0. The average Bonchev–Trinajstić information content (AvgIpc) is 1.34.